The van der Waals surface area contributed by atoms with Gasteiger partial charge in [0.05, 0.1) is 0 Å². The summed E-state index contributed by atoms with van der Waals surface area (Å²) in [5.41, 5.74) is -0.977. The Hall–Kier alpha value is -0.400. The van der Waals surface area contributed by atoms with Crippen LogP contribution in [-0.2, 0) is 0 Å². The van der Waals surface area contributed by atoms with E-state index in [0.717, 1.165) is 6.42 Å². The van der Waals surface area contributed by atoms with E-state index < -0.39 is 11.3 Å². The van der Waals surface area contributed by atoms with Gasteiger partial charge in [-0.15, -0.1) is 0 Å². The lowest BCUT2D eigenvalue weighted by Crippen LogP contribution is -2.51. The van der Waals surface area contributed by atoms with Crippen LogP contribution in [0.3, 0.4) is 0 Å². The monoisotopic (exact) mass is 258 g/mol. The van der Waals surface area contributed by atoms with Crippen LogP contribution in [0.5, 0.6) is 0 Å². The zero-order valence-corrected chi connectivity index (χ0v) is 12.8. The summed E-state index contributed by atoms with van der Waals surface area (Å²) >= 11 is 0. The van der Waals surface area contributed by atoms with Crippen LogP contribution in [0, 0.1) is 16.2 Å². The Bertz CT molecular complexity index is 321. The first-order valence-corrected chi connectivity index (χ1v) is 6.91. The third-order valence-electron chi connectivity index (χ3n) is 4.47. The van der Waals surface area contributed by atoms with Gasteiger partial charge in [0.15, 0.2) is 0 Å². The van der Waals surface area contributed by atoms with E-state index >= 15 is 0 Å². The number of hydrogen-bond donors (Lipinski definition) is 0. The fraction of sp³-hybridized carbons (Fsp3) is 0.875. The van der Waals surface area contributed by atoms with E-state index in [-0.39, 0.29) is 16.4 Å². The van der Waals surface area contributed by atoms with Crippen LogP contribution in [0.15, 0.2) is 12.2 Å². The zero-order valence-electron chi connectivity index (χ0n) is 12.8. The van der Waals surface area contributed by atoms with Gasteiger partial charge >= 0.3 is 0 Å². The first kappa shape index (κ1) is 15.7. The van der Waals surface area contributed by atoms with Crippen molar-refractivity contribution in [1.29, 1.82) is 0 Å². The molecule has 1 rings (SSSR count). The van der Waals surface area contributed by atoms with Crippen LogP contribution >= 0.6 is 0 Å². The van der Waals surface area contributed by atoms with E-state index in [9.17, 15) is 8.78 Å². The molecule has 0 aliphatic heterocycles. The number of allylic oxidation sites excluding steroid dienone is 1. The quantitative estimate of drug-likeness (QED) is 0.559. The van der Waals surface area contributed by atoms with Crippen molar-refractivity contribution in [2.75, 3.05) is 0 Å². The normalized spacial score (nSPS) is 25.8. The molecule has 0 bridgehead atoms. The topological polar surface area (TPSA) is 0 Å². The first-order valence-electron chi connectivity index (χ1n) is 6.91. The Morgan fingerprint density at radius 3 is 1.72 bits per heavy atom. The lowest BCUT2D eigenvalue weighted by molar-refractivity contribution is -0.157. The number of rotatable bonds is 3. The fourth-order valence-electron chi connectivity index (χ4n) is 4.46. The lowest BCUT2D eigenvalue weighted by Gasteiger charge is -2.54. The molecule has 0 aromatic carbocycles. The highest BCUT2D eigenvalue weighted by molar-refractivity contribution is 5.15. The maximum atomic E-state index is 14.7. The Labute approximate surface area is 111 Å². The average molecular weight is 258 g/mol. The van der Waals surface area contributed by atoms with E-state index in [0.29, 0.717) is 19.3 Å². The van der Waals surface area contributed by atoms with Crippen molar-refractivity contribution < 1.29 is 8.78 Å². The van der Waals surface area contributed by atoms with Crippen LogP contribution in [0.1, 0.15) is 67.2 Å². The molecule has 0 spiro atoms. The first-order chi connectivity index (χ1) is 7.88. The summed E-state index contributed by atoms with van der Waals surface area (Å²) in [6.45, 7) is 15.4. The van der Waals surface area contributed by atoms with Gasteiger partial charge in [0.25, 0.3) is 5.92 Å². The van der Waals surface area contributed by atoms with E-state index in [1.54, 1.807) is 0 Å². The molecule has 1 aliphatic carbocycles. The number of alkyl halides is 2. The minimum atomic E-state index is -2.77. The lowest BCUT2D eigenvalue weighted by atomic mass is 9.52. The molecule has 106 valence electrons. The molecule has 0 heterocycles. The summed E-state index contributed by atoms with van der Waals surface area (Å²) in [5, 5.41) is 0. The molecular formula is C16H28F2. The predicted octanol–water partition coefficient (Wildman–Crippen LogP) is 5.83. The average Bonchev–Trinajstić information content (AvgIpc) is 2.11. The highest BCUT2D eigenvalue weighted by Crippen LogP contribution is 2.62. The maximum absolute atomic E-state index is 14.7. The van der Waals surface area contributed by atoms with Crippen LogP contribution in [0.2, 0.25) is 0 Å². The maximum Gasteiger partial charge on any atom is 0.274 e. The van der Waals surface area contributed by atoms with Crippen LogP contribution in [0.25, 0.3) is 0 Å². The fourth-order valence-corrected chi connectivity index (χ4v) is 4.46. The van der Waals surface area contributed by atoms with Gasteiger partial charge in [-0.1, -0.05) is 41.2 Å². The molecule has 0 unspecified atom stereocenters. The second-order valence-electron chi connectivity index (χ2n) is 7.85. The molecule has 0 radical (unpaired) electrons. The van der Waals surface area contributed by atoms with Gasteiger partial charge in [-0.05, 0) is 49.0 Å². The minimum Gasteiger partial charge on any atom is -0.201 e. The van der Waals surface area contributed by atoms with Gasteiger partial charge in [-0.2, -0.15) is 0 Å². The Kier molecular flexibility index (Phi) is 3.75. The van der Waals surface area contributed by atoms with Crippen LogP contribution < -0.4 is 0 Å². The molecule has 1 aliphatic rings. The molecule has 18 heavy (non-hydrogen) atoms. The van der Waals surface area contributed by atoms with Crippen molar-refractivity contribution in [2.45, 2.75) is 73.1 Å². The van der Waals surface area contributed by atoms with Gasteiger partial charge < -0.3 is 0 Å². The van der Waals surface area contributed by atoms with E-state index in [1.165, 1.54) is 6.92 Å². The summed E-state index contributed by atoms with van der Waals surface area (Å²) in [6, 6.07) is 0. The minimum absolute atomic E-state index is 0.0119. The van der Waals surface area contributed by atoms with Gasteiger partial charge in [0, 0.05) is 5.41 Å². The largest absolute Gasteiger partial charge is 0.274 e. The Morgan fingerprint density at radius 1 is 1.06 bits per heavy atom. The third kappa shape index (κ3) is 2.62. The SMILES string of the molecule is C=C(C)C(F)(F)C1(CC)CC(C)(C)CC(C)(C)C1. The molecule has 0 atom stereocenters. The molecule has 1 fully saturated rings. The third-order valence-corrected chi connectivity index (χ3v) is 4.47. The molecular weight excluding hydrogens is 230 g/mol. The molecule has 0 amide bonds. The summed E-state index contributed by atoms with van der Waals surface area (Å²) in [5.74, 6) is -2.77. The summed E-state index contributed by atoms with van der Waals surface area (Å²) in [4.78, 5) is 0. The molecule has 2 heteroatoms. The van der Waals surface area contributed by atoms with Crippen LogP contribution in [-0.4, -0.2) is 5.92 Å². The van der Waals surface area contributed by atoms with E-state index in [4.69, 9.17) is 0 Å². The second kappa shape index (κ2) is 4.31. The predicted molar refractivity (Wildman–Crippen MR) is 73.9 cm³/mol. The standard InChI is InChI=1S/C16H28F2/c1-8-15(16(17,18)12(2)3)10-13(4,5)9-14(6,7)11-15/h2,8-11H2,1,3-7H3. The Balaban J connectivity index is 3.26. The van der Waals surface area contributed by atoms with Crippen molar-refractivity contribution in [1.82, 2.24) is 0 Å². The summed E-state index contributed by atoms with van der Waals surface area (Å²) in [7, 11) is 0. The van der Waals surface area contributed by atoms with E-state index in [1.807, 2.05) is 6.92 Å². The van der Waals surface area contributed by atoms with Gasteiger partial charge in [0.2, 0.25) is 0 Å². The summed E-state index contributed by atoms with van der Waals surface area (Å²) < 4.78 is 29.3. The van der Waals surface area contributed by atoms with E-state index in [2.05, 4.69) is 34.3 Å². The van der Waals surface area contributed by atoms with Crippen molar-refractivity contribution in [3.63, 3.8) is 0 Å². The molecule has 0 nitrogen and oxygen atoms in total. The number of hydrogen-bond acceptors (Lipinski definition) is 0. The second-order valence-corrected chi connectivity index (χ2v) is 7.85. The highest BCUT2D eigenvalue weighted by atomic mass is 19.3. The van der Waals surface area contributed by atoms with Gasteiger partial charge in [-0.25, -0.2) is 8.78 Å². The Morgan fingerprint density at radius 2 is 1.44 bits per heavy atom. The molecule has 0 saturated heterocycles. The molecule has 0 aromatic heterocycles. The van der Waals surface area contributed by atoms with Gasteiger partial charge in [-0.3, -0.25) is 0 Å². The van der Waals surface area contributed by atoms with Crippen molar-refractivity contribution in [3.05, 3.63) is 12.2 Å². The highest BCUT2D eigenvalue weighted by Gasteiger charge is 2.59. The van der Waals surface area contributed by atoms with Crippen molar-refractivity contribution in [2.24, 2.45) is 16.2 Å². The zero-order chi connectivity index (χ0) is 14.4. The molecule has 0 N–H and O–H groups in total. The van der Waals surface area contributed by atoms with Gasteiger partial charge in [0.1, 0.15) is 0 Å². The molecule has 0 aromatic rings. The van der Waals surface area contributed by atoms with Crippen molar-refractivity contribution >= 4 is 0 Å². The number of halogens is 2. The molecule has 1 saturated carbocycles. The summed E-state index contributed by atoms with van der Waals surface area (Å²) in [6.07, 6.45) is 2.69. The van der Waals surface area contributed by atoms with Crippen LogP contribution in [0.4, 0.5) is 8.78 Å². The smallest absolute Gasteiger partial charge is 0.201 e. The van der Waals surface area contributed by atoms with Crippen molar-refractivity contribution in [3.8, 4) is 0 Å².